The molecule has 6 heteroatoms. The first kappa shape index (κ1) is 19.6. The number of ether oxygens (including phenoxy) is 1. The van der Waals surface area contributed by atoms with Gasteiger partial charge in [-0.2, -0.15) is 0 Å². The van der Waals surface area contributed by atoms with E-state index in [1.165, 1.54) is 0 Å². The summed E-state index contributed by atoms with van der Waals surface area (Å²) in [6.45, 7) is 3.17. The Kier molecular flexibility index (Phi) is 6.63. The van der Waals surface area contributed by atoms with Crippen LogP contribution in [-0.4, -0.2) is 29.4 Å². The molecule has 0 atom stereocenters. The van der Waals surface area contributed by atoms with Crippen LogP contribution in [0.15, 0.2) is 58.4 Å². The highest BCUT2D eigenvalue weighted by Crippen LogP contribution is 2.26. The first-order chi connectivity index (χ1) is 13.0. The number of nitrogens with zero attached hydrogens (tertiary/aromatic N) is 2. The molecule has 0 aliphatic heterocycles. The highest BCUT2D eigenvalue weighted by Gasteiger charge is 2.13. The number of hydrogen-bond acceptors (Lipinski definition) is 4. The number of rotatable bonds is 7. The van der Waals surface area contributed by atoms with Crippen LogP contribution in [0.5, 0.6) is 5.75 Å². The number of amides is 1. The normalized spacial score (nSPS) is 10.6. The molecule has 0 aliphatic rings. The molecule has 0 saturated carbocycles. The number of hydrogen-bond donors (Lipinski definition) is 0. The molecule has 0 fully saturated rings. The van der Waals surface area contributed by atoms with E-state index in [0.29, 0.717) is 19.6 Å². The fourth-order valence-corrected chi connectivity index (χ4v) is 3.87. The van der Waals surface area contributed by atoms with Gasteiger partial charge < -0.3 is 9.64 Å². The van der Waals surface area contributed by atoms with Gasteiger partial charge in [0, 0.05) is 29.0 Å². The fourth-order valence-electron chi connectivity index (χ4n) is 2.65. The van der Waals surface area contributed by atoms with E-state index in [9.17, 15) is 4.79 Å². The Morgan fingerprint density at radius 1 is 1.22 bits per heavy atom. The van der Waals surface area contributed by atoms with Crippen LogP contribution in [0.3, 0.4) is 0 Å². The van der Waals surface area contributed by atoms with Crippen LogP contribution in [0.25, 0.3) is 10.6 Å². The number of carbonyl (C=O) groups excluding carboxylic acids is 1. The van der Waals surface area contributed by atoms with Crippen LogP contribution in [0.2, 0.25) is 0 Å². The number of thiazole rings is 1. The second-order valence-corrected chi connectivity index (χ2v) is 7.93. The van der Waals surface area contributed by atoms with Gasteiger partial charge in [0.05, 0.1) is 18.7 Å². The summed E-state index contributed by atoms with van der Waals surface area (Å²) >= 11 is 5.04. The summed E-state index contributed by atoms with van der Waals surface area (Å²) in [5, 5.41) is 2.88. The molecule has 0 N–H and O–H groups in total. The molecule has 1 amide bonds. The van der Waals surface area contributed by atoms with Gasteiger partial charge in [-0.15, -0.1) is 11.3 Å². The third-order valence-corrected chi connectivity index (χ3v) is 5.47. The molecular formula is C21H21BrN2O2S. The SMILES string of the molecule is CCOc1ccc(CN(C)C(=O)Cc2csc(-c3cccc(Br)c3)n2)cc1. The molecule has 140 valence electrons. The second kappa shape index (κ2) is 9.15. The van der Waals surface area contributed by atoms with Crippen molar-refractivity contribution in [1.82, 2.24) is 9.88 Å². The Morgan fingerprint density at radius 2 is 2.00 bits per heavy atom. The number of likely N-dealkylation sites (N-methyl/N-ethyl adjacent to an activating group) is 1. The Morgan fingerprint density at radius 3 is 2.70 bits per heavy atom. The van der Waals surface area contributed by atoms with Crippen LogP contribution >= 0.6 is 27.3 Å². The molecule has 3 aromatic rings. The van der Waals surface area contributed by atoms with Gasteiger partial charge in [-0.1, -0.05) is 40.2 Å². The third-order valence-electron chi connectivity index (χ3n) is 4.04. The smallest absolute Gasteiger partial charge is 0.228 e. The summed E-state index contributed by atoms with van der Waals surface area (Å²) in [6.07, 6.45) is 0.304. The number of aromatic nitrogens is 1. The molecule has 0 aliphatic carbocycles. The minimum Gasteiger partial charge on any atom is -0.494 e. The topological polar surface area (TPSA) is 42.4 Å². The quantitative estimate of drug-likeness (QED) is 0.504. The Bertz CT molecular complexity index is 909. The van der Waals surface area contributed by atoms with Crippen molar-refractivity contribution in [1.29, 1.82) is 0 Å². The van der Waals surface area contributed by atoms with E-state index >= 15 is 0 Å². The highest BCUT2D eigenvalue weighted by atomic mass is 79.9. The third kappa shape index (κ3) is 5.40. The molecule has 4 nitrogen and oxygen atoms in total. The summed E-state index contributed by atoms with van der Waals surface area (Å²) in [4.78, 5) is 18.9. The average molecular weight is 445 g/mol. The highest BCUT2D eigenvalue weighted by molar-refractivity contribution is 9.10. The lowest BCUT2D eigenvalue weighted by Crippen LogP contribution is -2.27. The molecule has 0 unspecified atom stereocenters. The van der Waals surface area contributed by atoms with E-state index in [1.54, 1.807) is 16.2 Å². The van der Waals surface area contributed by atoms with Gasteiger partial charge in [-0.25, -0.2) is 4.98 Å². The molecule has 0 saturated heterocycles. The summed E-state index contributed by atoms with van der Waals surface area (Å²) in [6, 6.07) is 15.9. The zero-order valence-corrected chi connectivity index (χ0v) is 17.7. The van der Waals surface area contributed by atoms with Crippen LogP contribution in [0.1, 0.15) is 18.2 Å². The van der Waals surface area contributed by atoms with Gasteiger partial charge in [0.1, 0.15) is 10.8 Å². The first-order valence-electron chi connectivity index (χ1n) is 8.71. The molecule has 3 rings (SSSR count). The van der Waals surface area contributed by atoms with Crippen molar-refractivity contribution in [2.24, 2.45) is 0 Å². The predicted octanol–water partition coefficient (Wildman–Crippen LogP) is 5.17. The largest absolute Gasteiger partial charge is 0.494 e. The maximum Gasteiger partial charge on any atom is 0.228 e. The van der Waals surface area contributed by atoms with Crippen molar-refractivity contribution in [2.45, 2.75) is 19.9 Å². The van der Waals surface area contributed by atoms with Gasteiger partial charge in [-0.3, -0.25) is 4.79 Å². The van der Waals surface area contributed by atoms with Crippen molar-refractivity contribution in [3.8, 4) is 16.3 Å². The lowest BCUT2D eigenvalue weighted by Gasteiger charge is -2.17. The molecule has 0 radical (unpaired) electrons. The van der Waals surface area contributed by atoms with Gasteiger partial charge in [0.2, 0.25) is 5.91 Å². The maximum absolute atomic E-state index is 12.5. The molecule has 27 heavy (non-hydrogen) atoms. The summed E-state index contributed by atoms with van der Waals surface area (Å²) in [5.74, 6) is 0.896. The van der Waals surface area contributed by atoms with Crippen LogP contribution in [-0.2, 0) is 17.8 Å². The summed E-state index contributed by atoms with van der Waals surface area (Å²) in [7, 11) is 1.82. The lowest BCUT2D eigenvalue weighted by molar-refractivity contribution is -0.129. The van der Waals surface area contributed by atoms with Gasteiger partial charge in [0.25, 0.3) is 0 Å². The van der Waals surface area contributed by atoms with Gasteiger partial charge in [0.15, 0.2) is 0 Å². The number of carbonyl (C=O) groups is 1. The fraction of sp³-hybridized carbons (Fsp3) is 0.238. The number of benzene rings is 2. The van der Waals surface area contributed by atoms with E-state index in [-0.39, 0.29) is 5.91 Å². The second-order valence-electron chi connectivity index (χ2n) is 6.16. The van der Waals surface area contributed by atoms with Crippen molar-refractivity contribution >= 4 is 33.2 Å². The Balaban J connectivity index is 1.59. The van der Waals surface area contributed by atoms with Crippen molar-refractivity contribution < 1.29 is 9.53 Å². The molecule has 1 heterocycles. The monoisotopic (exact) mass is 444 g/mol. The molecule has 2 aromatic carbocycles. The molecule has 1 aromatic heterocycles. The van der Waals surface area contributed by atoms with Crippen molar-refractivity contribution in [2.75, 3.05) is 13.7 Å². The maximum atomic E-state index is 12.5. The zero-order chi connectivity index (χ0) is 19.2. The molecular weight excluding hydrogens is 424 g/mol. The Labute approximate surface area is 171 Å². The van der Waals surface area contributed by atoms with E-state index in [0.717, 1.165) is 32.1 Å². The summed E-state index contributed by atoms with van der Waals surface area (Å²) in [5.41, 5.74) is 2.93. The van der Waals surface area contributed by atoms with E-state index in [4.69, 9.17) is 4.74 Å². The van der Waals surface area contributed by atoms with Crippen molar-refractivity contribution in [3.05, 3.63) is 69.6 Å². The lowest BCUT2D eigenvalue weighted by atomic mass is 10.2. The van der Waals surface area contributed by atoms with Gasteiger partial charge in [-0.05, 0) is 36.8 Å². The van der Waals surface area contributed by atoms with Gasteiger partial charge >= 0.3 is 0 Å². The minimum absolute atomic E-state index is 0.0509. The first-order valence-corrected chi connectivity index (χ1v) is 10.4. The Hall–Kier alpha value is -2.18. The number of halogens is 1. The van der Waals surface area contributed by atoms with E-state index < -0.39 is 0 Å². The minimum atomic E-state index is 0.0509. The molecule has 0 bridgehead atoms. The van der Waals surface area contributed by atoms with Crippen LogP contribution in [0, 0.1) is 0 Å². The standard InChI is InChI=1S/C21H21BrN2O2S/c1-3-26-19-9-7-15(8-10-19)13-24(2)20(25)12-18-14-27-21(23-18)16-5-4-6-17(22)11-16/h4-11,14H,3,12-13H2,1-2H3. The van der Waals surface area contributed by atoms with E-state index in [1.807, 2.05) is 67.9 Å². The molecule has 0 spiro atoms. The predicted molar refractivity (Wildman–Crippen MR) is 113 cm³/mol. The zero-order valence-electron chi connectivity index (χ0n) is 15.3. The van der Waals surface area contributed by atoms with Crippen molar-refractivity contribution in [3.63, 3.8) is 0 Å². The van der Waals surface area contributed by atoms with Crippen LogP contribution in [0.4, 0.5) is 0 Å². The van der Waals surface area contributed by atoms with Crippen LogP contribution < -0.4 is 4.74 Å². The average Bonchev–Trinajstić information content (AvgIpc) is 3.12. The van der Waals surface area contributed by atoms with E-state index in [2.05, 4.69) is 20.9 Å². The summed E-state index contributed by atoms with van der Waals surface area (Å²) < 4.78 is 6.46.